The summed E-state index contributed by atoms with van der Waals surface area (Å²) in [4.78, 5) is 42.5. The molecule has 2 aromatic heterocycles. The van der Waals surface area contributed by atoms with E-state index in [1.807, 2.05) is 4.90 Å². The van der Waals surface area contributed by atoms with E-state index in [1.54, 1.807) is 11.8 Å². The first-order valence-electron chi connectivity index (χ1n) is 20.6. The van der Waals surface area contributed by atoms with Gasteiger partial charge >= 0.3 is 35.3 Å². The van der Waals surface area contributed by atoms with Gasteiger partial charge in [-0.15, -0.1) is 13.0 Å². The first kappa shape index (κ1) is 46.5. The standard InChI is InChI=1S/C43H45F7N6O6.Mn/c1-25-14-27(44)20-55(19-25)38-32-18-51-36(35(47)37(32)52-39(53-38)61-23-41-9-4-12-56(41)21-28(45)17-41)31-16-29(15-26-7-8-33(46)30(34(26)31)6-3-13-60-24-57)62-40(58)54-11-5-10-42(22-54,59-2)43(48,49)50;/h7-8,15-16,18,27-28H,3-6,9-14,17,19-23H2,1-2H3;/q-2;+2/t27-,28-,41+,42?;/m1./s1. The molecule has 12 nitrogen and oxygen atoms in total. The number of nitrogens with zero attached hydrogens (tertiary/aromatic N) is 6. The van der Waals surface area contributed by atoms with Crippen molar-refractivity contribution in [1.29, 1.82) is 0 Å². The fourth-order valence-corrected chi connectivity index (χ4v) is 9.66. The second-order valence-electron chi connectivity index (χ2n) is 16.7. The van der Waals surface area contributed by atoms with Crippen molar-refractivity contribution < 1.29 is 76.3 Å². The van der Waals surface area contributed by atoms with Crippen LogP contribution in [0.1, 0.15) is 57.4 Å². The van der Waals surface area contributed by atoms with Gasteiger partial charge in [0.25, 0.3) is 0 Å². The zero-order chi connectivity index (χ0) is 44.0. The molecule has 6 heterocycles. The largest absolute Gasteiger partial charge is 2.00 e. The summed E-state index contributed by atoms with van der Waals surface area (Å²) < 4.78 is 127. The molecular formula is C43H45F7MnN6O6. The Hall–Kier alpha value is -4.52. The van der Waals surface area contributed by atoms with E-state index < -0.39 is 53.9 Å². The van der Waals surface area contributed by atoms with Crippen LogP contribution in [0.4, 0.5) is 41.3 Å². The van der Waals surface area contributed by atoms with E-state index in [0.717, 1.165) is 30.4 Å². The Morgan fingerprint density at radius 3 is 2.60 bits per heavy atom. The Balaban J connectivity index is 0.00000595. The van der Waals surface area contributed by atoms with Crippen LogP contribution in [0.25, 0.3) is 32.9 Å². The van der Waals surface area contributed by atoms with E-state index in [1.165, 1.54) is 30.9 Å². The van der Waals surface area contributed by atoms with Crippen molar-refractivity contribution in [1.82, 2.24) is 24.8 Å². The average molecular weight is 930 g/mol. The fraction of sp³-hybridized carbons (Fsp3) is 0.535. The van der Waals surface area contributed by atoms with Crippen LogP contribution in [0, 0.1) is 17.6 Å². The van der Waals surface area contributed by atoms with E-state index in [2.05, 4.69) is 15.0 Å². The van der Waals surface area contributed by atoms with Gasteiger partial charge in [0.15, 0.2) is 11.4 Å². The molecule has 339 valence electrons. The maximum atomic E-state index is 17.5. The molecule has 4 atom stereocenters. The number of methoxy groups -OCH3 is 1. The van der Waals surface area contributed by atoms with Crippen molar-refractivity contribution in [3.8, 4) is 23.0 Å². The Morgan fingerprint density at radius 1 is 1.06 bits per heavy atom. The van der Waals surface area contributed by atoms with Crippen LogP contribution >= 0.6 is 0 Å². The number of piperidine rings is 2. The van der Waals surface area contributed by atoms with E-state index >= 15 is 13.2 Å². The summed E-state index contributed by atoms with van der Waals surface area (Å²) in [5, 5.41) is 0.534. The van der Waals surface area contributed by atoms with E-state index in [4.69, 9.17) is 18.9 Å². The molecule has 4 fully saturated rings. The molecule has 2 aromatic carbocycles. The Kier molecular flexibility index (Phi) is 13.7. The third-order valence-corrected chi connectivity index (χ3v) is 12.6. The molecule has 0 N–H and O–H groups in total. The van der Waals surface area contributed by atoms with Crippen molar-refractivity contribution in [2.75, 3.05) is 64.5 Å². The first-order chi connectivity index (χ1) is 29.6. The number of anilines is 1. The first-order valence-corrected chi connectivity index (χ1v) is 20.6. The van der Waals surface area contributed by atoms with Crippen LogP contribution in [0.5, 0.6) is 11.8 Å². The molecule has 4 aromatic rings. The number of fused-ring (bicyclic) bond motifs is 3. The van der Waals surface area contributed by atoms with Crippen LogP contribution in [0.15, 0.2) is 30.5 Å². The van der Waals surface area contributed by atoms with Gasteiger partial charge in [0.1, 0.15) is 41.4 Å². The van der Waals surface area contributed by atoms with Gasteiger partial charge in [-0.25, -0.2) is 22.4 Å². The summed E-state index contributed by atoms with van der Waals surface area (Å²) in [6.45, 7) is 3.35. The number of carbonyl (C=O) groups excluding carboxylic acids is 2. The summed E-state index contributed by atoms with van der Waals surface area (Å²) in [5.74, 6) is -0.931. The van der Waals surface area contributed by atoms with Gasteiger partial charge in [-0.05, 0) is 79.6 Å². The Morgan fingerprint density at radius 2 is 1.86 bits per heavy atom. The number of pyridine rings is 1. The number of likely N-dealkylation sites (tertiary alicyclic amines) is 1. The molecule has 8 rings (SSSR count). The molecule has 0 saturated carbocycles. The SMILES string of the molecule is COC1(C(F)(F)F)CCCN(C(=O)Oc2cc(-c3ncc4c(N5C[C-](C)C[C@@H](F)C5)nc(OC[C@@]56CCCN5C[C@H](F)C6)nc4c3F)c3c(CCCO[C-]=O)c(F)ccc3c2)C1.[Mn+2]. The second-order valence-corrected chi connectivity index (χ2v) is 16.7. The molecule has 1 radical (unpaired) electrons. The maximum Gasteiger partial charge on any atom is 2.00 e. The topological polar surface area (TPSA) is 119 Å². The summed E-state index contributed by atoms with van der Waals surface area (Å²) in [6.07, 6.45) is -5.14. The van der Waals surface area contributed by atoms with Gasteiger partial charge in [-0.1, -0.05) is 12.5 Å². The third-order valence-electron chi connectivity index (χ3n) is 12.6. The quantitative estimate of drug-likeness (QED) is 0.0600. The Labute approximate surface area is 369 Å². The molecule has 63 heavy (non-hydrogen) atoms. The van der Waals surface area contributed by atoms with Crippen molar-refractivity contribution in [3.63, 3.8) is 0 Å². The van der Waals surface area contributed by atoms with Gasteiger partial charge in [-0.3, -0.25) is 15.8 Å². The predicted molar refractivity (Wildman–Crippen MR) is 212 cm³/mol. The minimum atomic E-state index is -4.79. The summed E-state index contributed by atoms with van der Waals surface area (Å²) >= 11 is 0. The number of halogens is 7. The van der Waals surface area contributed by atoms with E-state index in [-0.39, 0.29) is 145 Å². The zero-order valence-electron chi connectivity index (χ0n) is 34.5. The molecule has 1 amide bonds. The molecule has 4 aliphatic rings. The van der Waals surface area contributed by atoms with Gasteiger partial charge in [0.2, 0.25) is 0 Å². The van der Waals surface area contributed by atoms with Crippen molar-refractivity contribution >= 4 is 40.1 Å². The second kappa shape index (κ2) is 18.5. The predicted octanol–water partition coefficient (Wildman–Crippen LogP) is 7.78. The number of aryl methyl sites for hydroxylation is 1. The van der Waals surface area contributed by atoms with Crippen LogP contribution in [0.2, 0.25) is 0 Å². The summed E-state index contributed by atoms with van der Waals surface area (Å²) in [5.41, 5.74) is -3.83. The summed E-state index contributed by atoms with van der Waals surface area (Å²) in [7, 11) is 0.926. The third kappa shape index (κ3) is 9.09. The molecule has 4 aliphatic heterocycles. The smallest absolute Gasteiger partial charge is 0.653 e. The number of carbonyl (C=O) groups is 1. The summed E-state index contributed by atoms with van der Waals surface area (Å²) in [6, 6.07) is 4.91. The minimum absolute atomic E-state index is 0. The normalized spacial score (nSPS) is 24.4. The van der Waals surface area contributed by atoms with Crippen LogP contribution in [-0.2, 0) is 37.8 Å². The van der Waals surface area contributed by atoms with Gasteiger partial charge in [-0.2, -0.15) is 30.1 Å². The number of hydrogen-bond acceptors (Lipinski definition) is 11. The number of alkyl halides is 5. The Bertz CT molecular complexity index is 2340. The van der Waals surface area contributed by atoms with Crippen molar-refractivity contribution in [2.24, 2.45) is 0 Å². The van der Waals surface area contributed by atoms with Crippen LogP contribution in [0.3, 0.4) is 0 Å². The molecule has 20 heteroatoms. The number of rotatable bonds is 12. The average Bonchev–Trinajstić information content (AvgIpc) is 3.77. The van der Waals surface area contributed by atoms with Gasteiger partial charge < -0.3 is 33.5 Å². The van der Waals surface area contributed by atoms with Gasteiger partial charge in [0, 0.05) is 51.5 Å². The number of ether oxygens (including phenoxy) is 4. The maximum absolute atomic E-state index is 17.5. The number of hydrogen-bond donors (Lipinski definition) is 0. The molecule has 4 saturated heterocycles. The van der Waals surface area contributed by atoms with E-state index in [0.29, 0.717) is 19.5 Å². The van der Waals surface area contributed by atoms with Crippen LogP contribution in [-0.4, -0.2) is 127 Å². The molecule has 0 spiro atoms. The molecule has 0 bridgehead atoms. The van der Waals surface area contributed by atoms with Crippen molar-refractivity contribution in [2.45, 2.75) is 87.9 Å². The fourth-order valence-electron chi connectivity index (χ4n) is 9.66. The zero-order valence-corrected chi connectivity index (χ0v) is 35.7. The van der Waals surface area contributed by atoms with Gasteiger partial charge in [0.05, 0.1) is 23.6 Å². The monoisotopic (exact) mass is 929 g/mol. The molecule has 1 unspecified atom stereocenters. The number of aromatic nitrogens is 3. The molecule has 0 aliphatic carbocycles. The van der Waals surface area contributed by atoms with Crippen LogP contribution < -0.4 is 14.4 Å². The molecular weight excluding hydrogens is 884 g/mol. The van der Waals surface area contributed by atoms with Crippen molar-refractivity contribution in [3.05, 3.63) is 53.6 Å². The minimum Gasteiger partial charge on any atom is -0.653 e. The van der Waals surface area contributed by atoms with E-state index in [9.17, 15) is 27.2 Å². The number of amides is 1. The number of benzene rings is 2.